The third kappa shape index (κ3) is 4.85. The van der Waals surface area contributed by atoms with Gasteiger partial charge in [0, 0.05) is 6.04 Å². The first-order valence-corrected chi connectivity index (χ1v) is 7.95. The second-order valence-corrected chi connectivity index (χ2v) is 6.06. The van der Waals surface area contributed by atoms with Crippen molar-refractivity contribution >= 4 is 12.0 Å². The maximum Gasteiger partial charge on any atom is 0.262 e. The predicted molar refractivity (Wildman–Crippen MR) is 93.3 cm³/mol. The van der Waals surface area contributed by atoms with Gasteiger partial charge < -0.3 is 10.1 Å². The van der Waals surface area contributed by atoms with E-state index in [1.54, 1.807) is 13.2 Å². The largest absolute Gasteiger partial charge is 0.496 e. The van der Waals surface area contributed by atoms with Crippen LogP contribution in [0.2, 0.25) is 0 Å². The number of nitrogens with one attached hydrogen (secondary N) is 1. The molecule has 1 amide bonds. The number of aryl methyl sites for hydroxylation is 1. The maximum atomic E-state index is 12.2. The molecule has 23 heavy (non-hydrogen) atoms. The minimum absolute atomic E-state index is 0.0439. The Balaban J connectivity index is 3.26. The molecule has 0 aliphatic rings. The van der Waals surface area contributed by atoms with Gasteiger partial charge in [-0.3, -0.25) is 4.79 Å². The Labute approximate surface area is 139 Å². The molecule has 1 atom stereocenters. The van der Waals surface area contributed by atoms with Crippen molar-refractivity contribution in [3.8, 4) is 11.8 Å². The summed E-state index contributed by atoms with van der Waals surface area (Å²) in [6.45, 7) is 10.0. The van der Waals surface area contributed by atoms with Crippen LogP contribution in [0.15, 0.2) is 17.7 Å². The molecule has 0 aliphatic heterocycles. The maximum absolute atomic E-state index is 12.2. The molecular weight excluding hydrogens is 288 g/mol. The van der Waals surface area contributed by atoms with Crippen molar-refractivity contribution in [2.24, 2.45) is 0 Å². The van der Waals surface area contributed by atoms with Gasteiger partial charge in [-0.1, -0.05) is 20.8 Å². The first-order valence-electron chi connectivity index (χ1n) is 7.95. The number of benzene rings is 1. The molecule has 0 bridgehead atoms. The number of nitriles is 1. The number of carbonyl (C=O) groups is 1. The minimum Gasteiger partial charge on any atom is -0.496 e. The number of methoxy groups -OCH3 is 1. The van der Waals surface area contributed by atoms with Crippen molar-refractivity contribution in [2.45, 2.75) is 53.0 Å². The molecule has 0 aliphatic carbocycles. The topological polar surface area (TPSA) is 62.1 Å². The van der Waals surface area contributed by atoms with E-state index in [4.69, 9.17) is 4.74 Å². The van der Waals surface area contributed by atoms with Gasteiger partial charge in [0.2, 0.25) is 0 Å². The smallest absolute Gasteiger partial charge is 0.262 e. The highest BCUT2D eigenvalue weighted by Crippen LogP contribution is 2.30. The van der Waals surface area contributed by atoms with Gasteiger partial charge in [-0.2, -0.15) is 5.26 Å². The van der Waals surface area contributed by atoms with E-state index >= 15 is 0 Å². The summed E-state index contributed by atoms with van der Waals surface area (Å²) in [4.78, 5) is 12.2. The molecule has 0 fully saturated rings. The van der Waals surface area contributed by atoms with E-state index in [1.165, 1.54) is 0 Å². The van der Waals surface area contributed by atoms with Crippen molar-refractivity contribution in [1.82, 2.24) is 5.32 Å². The minimum atomic E-state index is -0.330. The SMILES string of the molecule is CC[C@@H](C)NC(=O)/C(C#N)=C/c1cc(C(C)C)c(OC)cc1C. The highest BCUT2D eigenvalue weighted by molar-refractivity contribution is 6.02. The lowest BCUT2D eigenvalue weighted by Crippen LogP contribution is -2.32. The van der Waals surface area contributed by atoms with Crippen molar-refractivity contribution in [3.05, 3.63) is 34.4 Å². The molecule has 0 spiro atoms. The summed E-state index contributed by atoms with van der Waals surface area (Å²) in [7, 11) is 1.65. The van der Waals surface area contributed by atoms with Crippen LogP contribution < -0.4 is 10.1 Å². The van der Waals surface area contributed by atoms with E-state index in [0.717, 1.165) is 28.9 Å². The van der Waals surface area contributed by atoms with Gasteiger partial charge in [0.25, 0.3) is 5.91 Å². The fourth-order valence-electron chi connectivity index (χ4n) is 2.21. The van der Waals surface area contributed by atoms with E-state index < -0.39 is 0 Å². The summed E-state index contributed by atoms with van der Waals surface area (Å²) in [5.74, 6) is 0.789. The second kappa shape index (κ2) is 8.38. The van der Waals surface area contributed by atoms with Gasteiger partial charge in [-0.25, -0.2) is 0 Å². The van der Waals surface area contributed by atoms with Crippen molar-refractivity contribution in [1.29, 1.82) is 5.26 Å². The Hall–Kier alpha value is -2.28. The first kappa shape index (κ1) is 18.8. The predicted octanol–water partition coefficient (Wildman–Crippen LogP) is 3.95. The van der Waals surface area contributed by atoms with Crippen molar-refractivity contribution < 1.29 is 9.53 Å². The summed E-state index contributed by atoms with van der Waals surface area (Å²) in [6.07, 6.45) is 2.47. The van der Waals surface area contributed by atoms with Crippen LogP contribution in [0.4, 0.5) is 0 Å². The standard InChI is InChI=1S/C19H26N2O2/c1-7-14(5)21-19(22)16(11-20)9-15-10-17(12(2)3)18(23-6)8-13(15)4/h8-10,12,14H,7H2,1-6H3,(H,21,22)/b16-9+/t14-/m1/s1. The summed E-state index contributed by atoms with van der Waals surface area (Å²) in [5, 5.41) is 12.1. The van der Waals surface area contributed by atoms with E-state index in [-0.39, 0.29) is 23.4 Å². The molecule has 0 aromatic heterocycles. The number of rotatable bonds is 6. The normalized spacial score (nSPS) is 12.7. The monoisotopic (exact) mass is 314 g/mol. The number of nitrogens with zero attached hydrogens (tertiary/aromatic N) is 1. The van der Waals surface area contributed by atoms with E-state index in [1.807, 2.05) is 39.0 Å². The van der Waals surface area contributed by atoms with Crippen LogP contribution in [0.3, 0.4) is 0 Å². The molecule has 124 valence electrons. The molecular formula is C19H26N2O2. The second-order valence-electron chi connectivity index (χ2n) is 6.06. The van der Waals surface area contributed by atoms with Crippen LogP contribution in [-0.4, -0.2) is 19.1 Å². The Bertz CT molecular complexity index is 640. The third-order valence-electron chi connectivity index (χ3n) is 3.90. The Kier molecular flexibility index (Phi) is 6.84. The van der Waals surface area contributed by atoms with Gasteiger partial charge in [0.1, 0.15) is 17.4 Å². The zero-order valence-electron chi connectivity index (χ0n) is 14.9. The van der Waals surface area contributed by atoms with Crippen LogP contribution in [0.1, 0.15) is 56.7 Å². The van der Waals surface area contributed by atoms with Gasteiger partial charge in [-0.15, -0.1) is 0 Å². The number of hydrogen-bond donors (Lipinski definition) is 1. The third-order valence-corrected chi connectivity index (χ3v) is 3.90. The average Bonchev–Trinajstić information content (AvgIpc) is 2.52. The lowest BCUT2D eigenvalue weighted by atomic mass is 9.95. The van der Waals surface area contributed by atoms with Gasteiger partial charge >= 0.3 is 0 Å². The average molecular weight is 314 g/mol. The van der Waals surface area contributed by atoms with Gasteiger partial charge in [0.15, 0.2) is 0 Å². The van der Waals surface area contributed by atoms with Gasteiger partial charge in [-0.05, 0) is 61.1 Å². The number of carbonyl (C=O) groups excluding carboxylic acids is 1. The van der Waals surface area contributed by atoms with Crippen molar-refractivity contribution in [2.75, 3.05) is 7.11 Å². The quantitative estimate of drug-likeness (QED) is 0.639. The lowest BCUT2D eigenvalue weighted by Gasteiger charge is -2.15. The number of amides is 1. The molecule has 1 rings (SSSR count). The van der Waals surface area contributed by atoms with E-state index in [9.17, 15) is 10.1 Å². The van der Waals surface area contributed by atoms with Gasteiger partial charge in [0.05, 0.1) is 7.11 Å². The molecule has 1 N–H and O–H groups in total. The zero-order chi connectivity index (χ0) is 17.6. The van der Waals surface area contributed by atoms with Crippen LogP contribution in [0, 0.1) is 18.3 Å². The molecule has 0 saturated carbocycles. The summed E-state index contributed by atoms with van der Waals surface area (Å²) >= 11 is 0. The summed E-state index contributed by atoms with van der Waals surface area (Å²) in [6, 6.07) is 5.99. The van der Waals surface area contributed by atoms with Crippen LogP contribution >= 0.6 is 0 Å². The molecule has 0 heterocycles. The Morgan fingerprint density at radius 3 is 2.52 bits per heavy atom. The summed E-state index contributed by atoms with van der Waals surface area (Å²) in [5.41, 5.74) is 3.01. The van der Waals surface area contributed by atoms with E-state index in [0.29, 0.717) is 0 Å². The molecule has 4 nitrogen and oxygen atoms in total. The zero-order valence-corrected chi connectivity index (χ0v) is 14.9. The molecule has 4 heteroatoms. The van der Waals surface area contributed by atoms with Crippen LogP contribution in [0.25, 0.3) is 6.08 Å². The van der Waals surface area contributed by atoms with Crippen LogP contribution in [-0.2, 0) is 4.79 Å². The molecule has 0 radical (unpaired) electrons. The first-order chi connectivity index (χ1) is 10.8. The molecule has 0 unspecified atom stereocenters. The lowest BCUT2D eigenvalue weighted by molar-refractivity contribution is -0.117. The number of hydrogen-bond acceptors (Lipinski definition) is 3. The summed E-state index contributed by atoms with van der Waals surface area (Å²) < 4.78 is 5.42. The highest BCUT2D eigenvalue weighted by Gasteiger charge is 2.14. The fraction of sp³-hybridized carbons (Fsp3) is 0.474. The molecule has 1 aromatic rings. The Morgan fingerprint density at radius 2 is 2.04 bits per heavy atom. The molecule has 0 saturated heterocycles. The van der Waals surface area contributed by atoms with Crippen molar-refractivity contribution in [3.63, 3.8) is 0 Å². The Morgan fingerprint density at radius 1 is 1.39 bits per heavy atom. The number of ether oxygens (including phenoxy) is 1. The van der Waals surface area contributed by atoms with Crippen LogP contribution in [0.5, 0.6) is 5.75 Å². The highest BCUT2D eigenvalue weighted by atomic mass is 16.5. The molecule has 1 aromatic carbocycles. The van der Waals surface area contributed by atoms with E-state index in [2.05, 4.69) is 19.2 Å². The fourth-order valence-corrected chi connectivity index (χ4v) is 2.21.